The van der Waals surface area contributed by atoms with Gasteiger partial charge in [-0.25, -0.2) is 13.6 Å². The summed E-state index contributed by atoms with van der Waals surface area (Å²) >= 11 is 0. The molecule has 0 radical (unpaired) electrons. The molecule has 0 saturated carbocycles. The van der Waals surface area contributed by atoms with Gasteiger partial charge in [0.05, 0.1) is 7.11 Å². The molecule has 0 bridgehead atoms. The Bertz CT molecular complexity index is 2240. The number of carbonyl (C=O) groups excluding carboxylic acids is 2. The molecule has 7 rings (SSSR count). The van der Waals surface area contributed by atoms with Crippen LogP contribution in [0.2, 0.25) is 0 Å². The van der Waals surface area contributed by atoms with Gasteiger partial charge in [-0.15, -0.1) is 0 Å². The average Bonchev–Trinajstić information content (AvgIpc) is 3.11. The second-order valence-electron chi connectivity index (χ2n) is 12.0. The van der Waals surface area contributed by atoms with E-state index in [1.54, 1.807) is 0 Å². The lowest BCUT2D eigenvalue weighted by Crippen LogP contribution is -2.38. The SMILES string of the molecule is COc1cc(C2Oc3cc([C@@H]4Oc5cc(O)cc(O)c5C(=O)C4O)ccc3O[C@H]2COC(=O)c2cc(-c3ccc(F)cc3F)ccc2O)ccc1O. The molecule has 2 aliphatic heterocycles. The Kier molecular flexibility index (Phi) is 8.68. The topological polar surface area (TPSA) is 181 Å². The van der Waals surface area contributed by atoms with Crippen molar-refractivity contribution in [2.75, 3.05) is 13.7 Å². The van der Waals surface area contributed by atoms with E-state index in [9.17, 15) is 43.9 Å². The fourth-order valence-corrected chi connectivity index (χ4v) is 6.09. The molecular weight excluding hydrogens is 686 g/mol. The van der Waals surface area contributed by atoms with E-state index in [4.69, 9.17) is 23.7 Å². The third-order valence-electron chi connectivity index (χ3n) is 8.66. The predicted molar refractivity (Wildman–Crippen MR) is 176 cm³/mol. The third-order valence-corrected chi connectivity index (χ3v) is 8.66. The molecule has 266 valence electrons. The Labute approximate surface area is 293 Å². The van der Waals surface area contributed by atoms with Gasteiger partial charge in [0.15, 0.2) is 47.4 Å². The van der Waals surface area contributed by atoms with E-state index < -0.39 is 65.9 Å². The lowest BCUT2D eigenvalue weighted by molar-refractivity contribution is -0.0260. The first kappa shape index (κ1) is 33.9. The number of ether oxygens (including phenoxy) is 5. The zero-order valence-electron chi connectivity index (χ0n) is 26.9. The number of rotatable bonds is 7. The average molecular weight is 715 g/mol. The van der Waals surface area contributed by atoms with Crippen LogP contribution < -0.4 is 18.9 Å². The van der Waals surface area contributed by atoms with Crippen molar-refractivity contribution in [1.82, 2.24) is 0 Å². The van der Waals surface area contributed by atoms with E-state index >= 15 is 0 Å². The Morgan fingerprint density at radius 2 is 1.48 bits per heavy atom. The first-order chi connectivity index (χ1) is 24.9. The predicted octanol–water partition coefficient (Wildman–Crippen LogP) is 5.88. The summed E-state index contributed by atoms with van der Waals surface area (Å²) in [5.74, 6) is -4.70. The summed E-state index contributed by atoms with van der Waals surface area (Å²) in [4.78, 5) is 26.3. The first-order valence-electron chi connectivity index (χ1n) is 15.7. The number of aliphatic hydroxyl groups is 1. The lowest BCUT2D eigenvalue weighted by Gasteiger charge is -2.35. The van der Waals surface area contributed by atoms with Crippen molar-refractivity contribution in [3.8, 4) is 57.1 Å². The Hall–Kier alpha value is -6.54. The summed E-state index contributed by atoms with van der Waals surface area (Å²) < 4.78 is 57.2. The van der Waals surface area contributed by atoms with Crippen LogP contribution in [0, 0.1) is 11.6 Å². The van der Waals surface area contributed by atoms with Gasteiger partial charge in [-0.3, -0.25) is 4.79 Å². The van der Waals surface area contributed by atoms with Gasteiger partial charge in [-0.2, -0.15) is 0 Å². The maximum absolute atomic E-state index is 14.5. The normalized spacial score (nSPS) is 19.0. The number of hydrogen-bond donors (Lipinski definition) is 5. The number of benzene rings is 5. The smallest absolute Gasteiger partial charge is 0.342 e. The molecule has 4 atom stereocenters. The van der Waals surface area contributed by atoms with Crippen LogP contribution >= 0.6 is 0 Å². The van der Waals surface area contributed by atoms with E-state index in [1.165, 1.54) is 67.8 Å². The number of halogens is 2. The molecule has 0 fully saturated rings. The highest BCUT2D eigenvalue weighted by atomic mass is 19.1. The zero-order valence-corrected chi connectivity index (χ0v) is 26.9. The van der Waals surface area contributed by atoms with Crippen molar-refractivity contribution >= 4 is 11.8 Å². The molecule has 5 aromatic carbocycles. The summed E-state index contributed by atoms with van der Waals surface area (Å²) in [5.41, 5.74) is 0.302. The largest absolute Gasteiger partial charge is 0.508 e. The van der Waals surface area contributed by atoms with Gasteiger partial charge in [0.1, 0.15) is 52.4 Å². The van der Waals surface area contributed by atoms with E-state index in [0.717, 1.165) is 18.2 Å². The molecule has 12 nitrogen and oxygen atoms in total. The maximum atomic E-state index is 14.5. The molecule has 2 heterocycles. The van der Waals surface area contributed by atoms with E-state index in [-0.39, 0.29) is 62.3 Å². The van der Waals surface area contributed by atoms with Gasteiger partial charge < -0.3 is 49.2 Å². The minimum absolute atomic E-state index is 0.00667. The number of phenolic OH excluding ortho intramolecular Hbond substituents is 4. The molecule has 5 N–H and O–H groups in total. The van der Waals surface area contributed by atoms with Crippen LogP contribution in [-0.2, 0) is 4.74 Å². The van der Waals surface area contributed by atoms with Crippen LogP contribution in [0.3, 0.4) is 0 Å². The van der Waals surface area contributed by atoms with Gasteiger partial charge in [0.25, 0.3) is 0 Å². The number of aliphatic hydroxyl groups excluding tert-OH is 1. The van der Waals surface area contributed by atoms with Crippen LogP contribution in [-0.4, -0.2) is 63.2 Å². The number of methoxy groups -OCH3 is 1. The standard InChI is InChI=1S/C38H28F2O12/c1-48-29-11-18(3-8-26(29)43)36-32(16-49-38(47)23-10-17(2-7-25(23)42)22-6-5-20(39)13-24(22)40)50-28-9-4-19(12-30(28)51-36)37-35(46)34(45)33-27(44)14-21(41)15-31(33)52-37/h2-15,32,35-37,41-44,46H,16H2,1H3/t32-,35?,36?,37-/m0/s1. The molecule has 5 aromatic rings. The highest BCUT2D eigenvalue weighted by molar-refractivity contribution is 6.05. The fraction of sp³-hybridized carbons (Fsp3) is 0.158. The molecule has 2 aliphatic rings. The molecule has 0 amide bonds. The summed E-state index contributed by atoms with van der Waals surface area (Å²) in [6.07, 6.45) is -5.06. The van der Waals surface area contributed by atoms with Crippen LogP contribution in [0.4, 0.5) is 8.78 Å². The van der Waals surface area contributed by atoms with Crippen molar-refractivity contribution in [2.45, 2.75) is 24.4 Å². The van der Waals surface area contributed by atoms with Gasteiger partial charge in [-0.1, -0.05) is 18.2 Å². The summed E-state index contributed by atoms with van der Waals surface area (Å²) in [6.45, 7) is -0.439. The highest BCUT2D eigenvalue weighted by Gasteiger charge is 2.41. The number of Topliss-reactive ketones (excluding diaryl/α,β-unsaturated/α-hetero) is 1. The minimum Gasteiger partial charge on any atom is -0.508 e. The van der Waals surface area contributed by atoms with Gasteiger partial charge >= 0.3 is 5.97 Å². The van der Waals surface area contributed by atoms with Gasteiger partial charge in [0.2, 0.25) is 5.78 Å². The van der Waals surface area contributed by atoms with Gasteiger partial charge in [0, 0.05) is 29.3 Å². The number of aromatic hydroxyl groups is 4. The van der Waals surface area contributed by atoms with Crippen LogP contribution in [0.5, 0.6) is 46.0 Å². The van der Waals surface area contributed by atoms with E-state index in [2.05, 4.69) is 0 Å². The molecule has 52 heavy (non-hydrogen) atoms. The van der Waals surface area contributed by atoms with E-state index in [1.807, 2.05) is 0 Å². The first-order valence-corrected chi connectivity index (χ1v) is 15.7. The molecular formula is C38H28F2O12. The second-order valence-corrected chi connectivity index (χ2v) is 12.0. The summed E-state index contributed by atoms with van der Waals surface area (Å²) in [7, 11) is 1.35. The van der Waals surface area contributed by atoms with Crippen LogP contribution in [0.25, 0.3) is 11.1 Å². The molecule has 0 saturated heterocycles. The maximum Gasteiger partial charge on any atom is 0.342 e. The van der Waals surface area contributed by atoms with Crippen molar-refractivity contribution in [2.24, 2.45) is 0 Å². The molecule has 0 aliphatic carbocycles. The van der Waals surface area contributed by atoms with E-state index in [0.29, 0.717) is 11.6 Å². The summed E-state index contributed by atoms with van der Waals surface area (Å²) in [5, 5.41) is 51.7. The summed E-state index contributed by atoms with van der Waals surface area (Å²) in [6, 6.07) is 17.6. The van der Waals surface area contributed by atoms with Crippen molar-refractivity contribution in [3.05, 3.63) is 119 Å². The van der Waals surface area contributed by atoms with Crippen molar-refractivity contribution in [3.63, 3.8) is 0 Å². The number of ketones is 1. The molecule has 0 spiro atoms. The molecule has 2 unspecified atom stereocenters. The Morgan fingerprint density at radius 3 is 2.25 bits per heavy atom. The van der Waals surface area contributed by atoms with Crippen LogP contribution in [0.15, 0.2) is 84.9 Å². The fourth-order valence-electron chi connectivity index (χ4n) is 6.09. The lowest BCUT2D eigenvalue weighted by atomic mass is 9.92. The highest BCUT2D eigenvalue weighted by Crippen LogP contribution is 2.46. The van der Waals surface area contributed by atoms with Crippen LogP contribution in [0.1, 0.15) is 44.1 Å². The Balaban J connectivity index is 1.18. The minimum atomic E-state index is -1.73. The third kappa shape index (κ3) is 6.20. The monoisotopic (exact) mass is 714 g/mol. The number of carbonyl (C=O) groups is 2. The molecule has 14 heteroatoms. The Morgan fingerprint density at radius 1 is 0.750 bits per heavy atom. The number of phenols is 4. The zero-order chi connectivity index (χ0) is 36.8. The number of esters is 1. The van der Waals surface area contributed by atoms with Gasteiger partial charge in [-0.05, 0) is 59.7 Å². The second kappa shape index (κ2) is 13.3. The number of fused-ring (bicyclic) bond motifs is 2. The number of hydrogen-bond acceptors (Lipinski definition) is 12. The van der Waals surface area contributed by atoms with Crippen molar-refractivity contribution in [1.29, 1.82) is 0 Å². The van der Waals surface area contributed by atoms with Crippen molar-refractivity contribution < 1.29 is 67.6 Å². The molecule has 0 aromatic heterocycles. The quantitative estimate of drug-likeness (QED) is 0.127.